The van der Waals surface area contributed by atoms with Crippen molar-refractivity contribution in [3.05, 3.63) is 76.9 Å². The molecule has 0 bridgehead atoms. The molecule has 0 amide bonds. The Morgan fingerprint density at radius 3 is 2.00 bits per heavy atom. The second kappa shape index (κ2) is 7.08. The van der Waals surface area contributed by atoms with Gasteiger partial charge in [0, 0.05) is 16.7 Å². The van der Waals surface area contributed by atoms with Gasteiger partial charge < -0.3 is 10.5 Å². The maximum atomic E-state index is 13.3. The maximum absolute atomic E-state index is 13.3. The van der Waals surface area contributed by atoms with E-state index in [4.69, 9.17) is 10.5 Å². The highest BCUT2D eigenvalue weighted by Crippen LogP contribution is 2.40. The number of ether oxygens (including phenoxy) is 1. The maximum Gasteiger partial charge on any atom is 0.296 e. The Labute approximate surface area is 172 Å². The highest BCUT2D eigenvalue weighted by molar-refractivity contribution is 7.86. The molecule has 0 fully saturated rings. The van der Waals surface area contributed by atoms with Crippen LogP contribution in [0.3, 0.4) is 0 Å². The average molecular weight is 423 g/mol. The van der Waals surface area contributed by atoms with Crippen molar-refractivity contribution in [1.82, 2.24) is 0 Å². The minimum atomic E-state index is -4.75. The van der Waals surface area contributed by atoms with Crippen LogP contribution in [-0.2, 0) is 10.1 Å². The minimum absolute atomic E-state index is 0.00719. The highest BCUT2D eigenvalue weighted by Gasteiger charge is 2.36. The van der Waals surface area contributed by atoms with Crippen molar-refractivity contribution in [2.45, 2.75) is 11.8 Å². The van der Waals surface area contributed by atoms with E-state index in [1.165, 1.54) is 12.1 Å². The van der Waals surface area contributed by atoms with Crippen molar-refractivity contribution in [2.24, 2.45) is 0 Å². The zero-order chi connectivity index (χ0) is 21.6. The third-order valence-electron chi connectivity index (χ3n) is 4.95. The lowest BCUT2D eigenvalue weighted by molar-refractivity contribution is 0.0980. The first-order valence-corrected chi connectivity index (χ1v) is 10.5. The van der Waals surface area contributed by atoms with Crippen molar-refractivity contribution in [1.29, 1.82) is 0 Å². The second-order valence-corrected chi connectivity index (χ2v) is 8.11. The second-order valence-electron chi connectivity index (χ2n) is 6.72. The largest absolute Gasteiger partial charge is 0.494 e. The lowest BCUT2D eigenvalue weighted by atomic mass is 9.79. The zero-order valence-electron chi connectivity index (χ0n) is 15.9. The van der Waals surface area contributed by atoms with Gasteiger partial charge in [-0.05, 0) is 36.2 Å². The molecule has 0 spiro atoms. The Kier molecular flexibility index (Phi) is 4.68. The summed E-state index contributed by atoms with van der Waals surface area (Å²) in [4.78, 5) is 25.8. The first-order chi connectivity index (χ1) is 14.2. The molecule has 0 unspecified atom stereocenters. The molecule has 4 rings (SSSR count). The van der Waals surface area contributed by atoms with Gasteiger partial charge in [-0.25, -0.2) is 0 Å². The number of rotatable bonds is 4. The first-order valence-electron chi connectivity index (χ1n) is 9.09. The summed E-state index contributed by atoms with van der Waals surface area (Å²) in [7, 11) is -4.75. The fraction of sp³-hybridized carbons (Fsp3) is 0.0909. The van der Waals surface area contributed by atoms with E-state index in [2.05, 4.69) is 0 Å². The molecule has 3 aromatic rings. The van der Waals surface area contributed by atoms with E-state index in [0.29, 0.717) is 17.9 Å². The number of carbonyl (C=O) groups is 2. The van der Waals surface area contributed by atoms with Gasteiger partial charge in [0.05, 0.1) is 17.9 Å². The molecule has 7 nitrogen and oxygen atoms in total. The first kappa shape index (κ1) is 19.8. The minimum Gasteiger partial charge on any atom is -0.494 e. The molecule has 0 saturated carbocycles. The van der Waals surface area contributed by atoms with Gasteiger partial charge in [-0.1, -0.05) is 36.4 Å². The summed E-state index contributed by atoms with van der Waals surface area (Å²) in [5.74, 6) is -0.429. The number of ketones is 2. The quantitative estimate of drug-likeness (QED) is 0.381. The van der Waals surface area contributed by atoms with Gasteiger partial charge in [-0.3, -0.25) is 14.1 Å². The van der Waals surface area contributed by atoms with Crippen LogP contribution in [-0.4, -0.2) is 31.1 Å². The molecule has 30 heavy (non-hydrogen) atoms. The van der Waals surface area contributed by atoms with Gasteiger partial charge in [-0.2, -0.15) is 8.42 Å². The molecule has 0 radical (unpaired) electrons. The predicted octanol–water partition coefficient (Wildman–Crippen LogP) is 3.36. The van der Waals surface area contributed by atoms with Crippen molar-refractivity contribution in [3.8, 4) is 16.9 Å². The van der Waals surface area contributed by atoms with Crippen LogP contribution in [0.4, 0.5) is 5.69 Å². The summed E-state index contributed by atoms with van der Waals surface area (Å²) < 4.78 is 39.0. The summed E-state index contributed by atoms with van der Waals surface area (Å²) in [6.07, 6.45) is 0. The molecule has 0 aliphatic heterocycles. The number of carbonyl (C=O) groups excluding carboxylic acids is 2. The van der Waals surface area contributed by atoms with Crippen LogP contribution in [0.2, 0.25) is 0 Å². The summed E-state index contributed by atoms with van der Waals surface area (Å²) in [5, 5.41) is 0. The van der Waals surface area contributed by atoms with Crippen molar-refractivity contribution < 1.29 is 27.3 Å². The number of anilines is 1. The molecule has 0 atom stereocenters. The smallest absolute Gasteiger partial charge is 0.296 e. The van der Waals surface area contributed by atoms with Crippen LogP contribution in [0.25, 0.3) is 11.1 Å². The Hall–Kier alpha value is -3.49. The molecular formula is C22H17NO6S. The molecule has 1 aliphatic rings. The van der Waals surface area contributed by atoms with Crippen LogP contribution in [0.1, 0.15) is 38.8 Å². The van der Waals surface area contributed by atoms with Crippen molar-refractivity contribution in [3.63, 3.8) is 0 Å². The molecule has 0 aromatic heterocycles. The number of benzene rings is 3. The molecule has 0 heterocycles. The Morgan fingerprint density at radius 2 is 1.47 bits per heavy atom. The fourth-order valence-electron chi connectivity index (χ4n) is 3.63. The SMILES string of the molecule is CCOc1ccc(-c2cc(S(=O)(=O)O)c(N)c3c2C(=O)c2ccccc2C3=O)cc1. The summed E-state index contributed by atoms with van der Waals surface area (Å²) >= 11 is 0. The number of nitrogens with two attached hydrogens (primary N) is 1. The fourth-order valence-corrected chi connectivity index (χ4v) is 4.28. The Morgan fingerprint density at radius 1 is 0.900 bits per heavy atom. The molecule has 3 aromatic carbocycles. The lowest BCUT2D eigenvalue weighted by Crippen LogP contribution is -2.24. The van der Waals surface area contributed by atoms with Gasteiger partial charge in [0.1, 0.15) is 10.6 Å². The molecule has 3 N–H and O–H groups in total. The summed E-state index contributed by atoms with van der Waals surface area (Å²) in [6, 6.07) is 14.0. The van der Waals surface area contributed by atoms with Crippen LogP contribution >= 0.6 is 0 Å². The summed E-state index contributed by atoms with van der Waals surface area (Å²) in [6.45, 7) is 2.30. The molecule has 8 heteroatoms. The van der Waals surface area contributed by atoms with Gasteiger partial charge in [0.15, 0.2) is 11.6 Å². The third-order valence-corrected chi connectivity index (χ3v) is 5.85. The Balaban J connectivity index is 2.06. The number of hydrogen-bond donors (Lipinski definition) is 2. The van der Waals surface area contributed by atoms with Crippen LogP contribution in [0.5, 0.6) is 5.75 Å². The standard InChI is InChI=1S/C22H17NO6S/c1-2-29-13-9-7-12(8-10-13)16-11-17(30(26,27)28)20(23)19-18(16)21(24)14-5-3-4-6-15(14)22(19)25/h3-11H,2,23H2,1H3,(H,26,27,28). The third kappa shape index (κ3) is 3.06. The van der Waals surface area contributed by atoms with Crippen molar-refractivity contribution in [2.75, 3.05) is 12.3 Å². The number of fused-ring (bicyclic) bond motifs is 2. The topological polar surface area (TPSA) is 124 Å². The van der Waals surface area contributed by atoms with E-state index in [1.807, 2.05) is 6.92 Å². The number of hydrogen-bond acceptors (Lipinski definition) is 6. The van der Waals surface area contributed by atoms with E-state index in [-0.39, 0.29) is 27.8 Å². The number of nitrogen functional groups attached to an aromatic ring is 1. The molecule has 1 aliphatic carbocycles. The molecule has 0 saturated heterocycles. The highest BCUT2D eigenvalue weighted by atomic mass is 32.2. The van der Waals surface area contributed by atoms with E-state index in [0.717, 1.165) is 6.07 Å². The van der Waals surface area contributed by atoms with Crippen LogP contribution in [0, 0.1) is 0 Å². The lowest BCUT2D eigenvalue weighted by Gasteiger charge is -2.23. The van der Waals surface area contributed by atoms with E-state index in [9.17, 15) is 22.6 Å². The van der Waals surface area contributed by atoms with E-state index < -0.39 is 32.3 Å². The Bertz CT molecular complexity index is 1310. The van der Waals surface area contributed by atoms with Gasteiger partial charge in [0.2, 0.25) is 0 Å². The van der Waals surface area contributed by atoms with Crippen LogP contribution in [0.15, 0.2) is 59.5 Å². The van der Waals surface area contributed by atoms with Gasteiger partial charge >= 0.3 is 0 Å². The van der Waals surface area contributed by atoms with E-state index in [1.54, 1.807) is 36.4 Å². The summed E-state index contributed by atoms with van der Waals surface area (Å²) in [5.41, 5.74) is 6.31. The molecular weight excluding hydrogens is 406 g/mol. The van der Waals surface area contributed by atoms with Crippen molar-refractivity contribution >= 4 is 27.4 Å². The van der Waals surface area contributed by atoms with E-state index >= 15 is 0 Å². The molecule has 152 valence electrons. The normalized spacial score (nSPS) is 13.0. The van der Waals surface area contributed by atoms with Crippen LogP contribution < -0.4 is 10.5 Å². The van der Waals surface area contributed by atoms with Gasteiger partial charge in [0.25, 0.3) is 10.1 Å². The zero-order valence-corrected chi connectivity index (χ0v) is 16.7. The van der Waals surface area contributed by atoms with Gasteiger partial charge in [-0.15, -0.1) is 0 Å². The average Bonchev–Trinajstić information content (AvgIpc) is 2.72. The predicted molar refractivity (Wildman–Crippen MR) is 111 cm³/mol. The monoisotopic (exact) mass is 423 g/mol.